The van der Waals surface area contributed by atoms with Gasteiger partial charge in [0.1, 0.15) is 0 Å². The SMILES string of the molecule is CCCC[S-].CCCC[S-].C[C](C)C.C[C](C)C.[Sn+2]. The Bertz CT molecular complexity index is 75.2. The van der Waals surface area contributed by atoms with Crippen molar-refractivity contribution in [1.82, 2.24) is 0 Å². The second kappa shape index (κ2) is 36.6. The molecule has 0 N–H and O–H groups in total. The first-order valence-electron chi connectivity index (χ1n) is 6.99. The van der Waals surface area contributed by atoms with E-state index in [-0.39, 0.29) is 23.9 Å². The van der Waals surface area contributed by atoms with Crippen molar-refractivity contribution in [2.45, 2.75) is 81.1 Å². The summed E-state index contributed by atoms with van der Waals surface area (Å²) in [7, 11) is 0. The minimum Gasteiger partial charge on any atom is -0.793 e. The van der Waals surface area contributed by atoms with Crippen LogP contribution in [0.15, 0.2) is 0 Å². The Labute approximate surface area is 153 Å². The third-order valence-electron chi connectivity index (χ3n) is 0.996. The topological polar surface area (TPSA) is 0 Å². The van der Waals surface area contributed by atoms with Gasteiger partial charge in [0.2, 0.25) is 0 Å². The molecule has 0 spiro atoms. The van der Waals surface area contributed by atoms with Crippen LogP contribution in [0.3, 0.4) is 0 Å². The van der Waals surface area contributed by atoms with Gasteiger partial charge in [0.25, 0.3) is 0 Å². The second-order valence-corrected chi connectivity index (χ2v) is 5.93. The Hall–Kier alpha value is 1.50. The van der Waals surface area contributed by atoms with E-state index < -0.39 is 0 Å². The summed E-state index contributed by atoms with van der Waals surface area (Å²) in [6.07, 6.45) is 4.89. The summed E-state index contributed by atoms with van der Waals surface area (Å²) in [5.74, 6) is 4.69. The predicted octanol–water partition coefficient (Wildman–Crippen LogP) is 5.53. The van der Waals surface area contributed by atoms with Gasteiger partial charge in [-0.15, -0.1) is 0 Å². The van der Waals surface area contributed by atoms with E-state index in [1.165, 1.54) is 37.5 Å². The van der Waals surface area contributed by atoms with Gasteiger partial charge in [0, 0.05) is 0 Å². The standard InChI is InChI=1S/2C4H10S.2C4H9.Sn/c2*1-2-3-4-5;2*1-4(2)3;/h2*5H,2-4H2,1H3;2*1-3H3;/q;;;;+2/p-2. The fourth-order valence-corrected chi connectivity index (χ4v) is 0.866. The molecular formula is C16H36S2Sn. The summed E-state index contributed by atoms with van der Waals surface area (Å²) in [6.45, 7) is 16.8. The average Bonchev–Trinajstić information content (AvgIpc) is 2.19. The van der Waals surface area contributed by atoms with E-state index in [2.05, 4.69) is 80.6 Å². The van der Waals surface area contributed by atoms with Crippen molar-refractivity contribution in [3.63, 3.8) is 0 Å². The molecule has 0 unspecified atom stereocenters. The Balaban J connectivity index is -0.0000000453. The molecule has 0 nitrogen and oxygen atoms in total. The van der Waals surface area contributed by atoms with Gasteiger partial charge in [-0.05, 0) is 11.8 Å². The molecule has 0 amide bonds. The van der Waals surface area contributed by atoms with Crippen molar-refractivity contribution in [1.29, 1.82) is 0 Å². The van der Waals surface area contributed by atoms with Gasteiger partial charge in [-0.25, -0.2) is 0 Å². The van der Waals surface area contributed by atoms with Gasteiger partial charge in [0.05, 0.1) is 0 Å². The molecule has 19 heavy (non-hydrogen) atoms. The maximum atomic E-state index is 4.65. The first-order chi connectivity index (χ1) is 8.29. The molecule has 4 radical (unpaired) electrons. The van der Waals surface area contributed by atoms with E-state index in [9.17, 15) is 0 Å². The minimum atomic E-state index is 0. The average molecular weight is 411 g/mol. The predicted molar refractivity (Wildman–Crippen MR) is 101 cm³/mol. The molecule has 0 rings (SSSR count). The first-order valence-corrected chi connectivity index (χ1v) is 8.15. The summed E-state index contributed by atoms with van der Waals surface area (Å²) in [4.78, 5) is 0. The van der Waals surface area contributed by atoms with E-state index in [0.717, 1.165) is 11.5 Å². The smallest absolute Gasteiger partial charge is 0.793 e. The van der Waals surface area contributed by atoms with E-state index in [1.54, 1.807) is 0 Å². The Morgan fingerprint density at radius 3 is 0.789 bits per heavy atom. The zero-order valence-corrected chi connectivity index (χ0v) is 19.0. The van der Waals surface area contributed by atoms with Crippen molar-refractivity contribution >= 4 is 49.2 Å². The largest absolute Gasteiger partial charge is 2.00 e. The van der Waals surface area contributed by atoms with Gasteiger partial charge in [0.15, 0.2) is 0 Å². The molecular weight excluding hydrogens is 375 g/mol. The van der Waals surface area contributed by atoms with Crippen LogP contribution in [-0.2, 0) is 25.3 Å². The van der Waals surface area contributed by atoms with Crippen LogP contribution < -0.4 is 0 Å². The molecule has 0 saturated heterocycles. The van der Waals surface area contributed by atoms with Crippen LogP contribution in [0.1, 0.15) is 81.1 Å². The van der Waals surface area contributed by atoms with E-state index >= 15 is 0 Å². The molecule has 0 saturated carbocycles. The summed E-state index contributed by atoms with van der Waals surface area (Å²) >= 11 is 9.30. The fraction of sp³-hybridized carbons (Fsp3) is 0.875. The summed E-state index contributed by atoms with van der Waals surface area (Å²) in [6, 6.07) is 0. The molecule has 0 atom stereocenters. The van der Waals surface area contributed by atoms with Gasteiger partial charge >= 0.3 is 23.9 Å². The fourth-order valence-electron chi connectivity index (χ4n) is 0.289. The van der Waals surface area contributed by atoms with Crippen LogP contribution in [0.5, 0.6) is 0 Å². The Morgan fingerprint density at radius 2 is 0.789 bits per heavy atom. The van der Waals surface area contributed by atoms with Crippen LogP contribution in [0.4, 0.5) is 0 Å². The van der Waals surface area contributed by atoms with Gasteiger partial charge in [-0.1, -0.05) is 81.1 Å². The van der Waals surface area contributed by atoms with Crippen molar-refractivity contribution in [3.05, 3.63) is 11.8 Å². The third kappa shape index (κ3) is 197. The number of hydrogen-bond donors (Lipinski definition) is 0. The molecule has 0 aliphatic heterocycles. The van der Waals surface area contributed by atoms with Gasteiger partial charge < -0.3 is 25.3 Å². The van der Waals surface area contributed by atoms with Gasteiger partial charge in [-0.2, -0.15) is 11.5 Å². The van der Waals surface area contributed by atoms with E-state index in [0.29, 0.717) is 0 Å². The van der Waals surface area contributed by atoms with Crippen LogP contribution in [0.25, 0.3) is 0 Å². The van der Waals surface area contributed by atoms with Crippen LogP contribution in [0, 0.1) is 11.8 Å². The maximum absolute atomic E-state index is 4.65. The maximum Gasteiger partial charge on any atom is 2.00 e. The molecule has 0 aromatic heterocycles. The number of hydrogen-bond acceptors (Lipinski definition) is 2. The van der Waals surface area contributed by atoms with Crippen LogP contribution in [0.2, 0.25) is 0 Å². The summed E-state index contributed by atoms with van der Waals surface area (Å²) < 4.78 is 0. The molecule has 0 fully saturated rings. The molecule has 0 aromatic rings. The second-order valence-electron chi connectivity index (χ2n) is 5.12. The normalized spacial score (nSPS) is 8.21. The number of unbranched alkanes of at least 4 members (excludes halogenated alkanes) is 2. The van der Waals surface area contributed by atoms with Crippen molar-refractivity contribution in [2.75, 3.05) is 11.5 Å². The van der Waals surface area contributed by atoms with Crippen molar-refractivity contribution in [3.8, 4) is 0 Å². The Morgan fingerprint density at radius 1 is 0.632 bits per heavy atom. The molecule has 0 heterocycles. The number of rotatable bonds is 4. The third-order valence-corrected chi connectivity index (χ3v) is 1.57. The van der Waals surface area contributed by atoms with Crippen molar-refractivity contribution in [2.24, 2.45) is 0 Å². The van der Waals surface area contributed by atoms with Gasteiger partial charge in [-0.3, -0.25) is 0 Å². The molecule has 116 valence electrons. The van der Waals surface area contributed by atoms with E-state index in [1.807, 2.05) is 0 Å². The zero-order valence-electron chi connectivity index (χ0n) is 14.6. The van der Waals surface area contributed by atoms with Crippen LogP contribution in [-0.4, -0.2) is 35.4 Å². The summed E-state index contributed by atoms with van der Waals surface area (Å²) in [5.41, 5.74) is 0. The Kier molecular flexibility index (Phi) is 62.5. The molecule has 0 aliphatic carbocycles. The first kappa shape index (κ1) is 32.4. The quantitative estimate of drug-likeness (QED) is 0.441. The minimum absolute atomic E-state index is 0. The van der Waals surface area contributed by atoms with E-state index in [4.69, 9.17) is 0 Å². The molecule has 3 heteroatoms. The molecule has 0 aliphatic rings. The molecule has 0 aromatic carbocycles. The van der Waals surface area contributed by atoms with Crippen molar-refractivity contribution < 1.29 is 0 Å². The monoisotopic (exact) mass is 412 g/mol. The van der Waals surface area contributed by atoms with Crippen LogP contribution >= 0.6 is 0 Å². The molecule has 0 bridgehead atoms. The zero-order chi connectivity index (χ0) is 15.4. The summed E-state index contributed by atoms with van der Waals surface area (Å²) in [5, 5.41) is 0.